The van der Waals surface area contributed by atoms with Crippen molar-refractivity contribution in [3.8, 4) is 0 Å². The molecule has 0 amide bonds. The van der Waals surface area contributed by atoms with Gasteiger partial charge in [0.2, 0.25) is 0 Å². The van der Waals surface area contributed by atoms with Crippen molar-refractivity contribution in [2.45, 2.75) is 132 Å². The Hall–Kier alpha value is -0.410. The number of carbonyl (C=O) groups excluding carboxylic acids is 1. The van der Waals surface area contributed by atoms with Gasteiger partial charge >= 0.3 is 0 Å². The topological polar surface area (TPSA) is 57.5 Å². The molecule has 188 valence electrons. The van der Waals surface area contributed by atoms with Gasteiger partial charge in [0.1, 0.15) is 5.78 Å². The zero-order valence-corrected chi connectivity index (χ0v) is 22.7. The first-order valence-electron chi connectivity index (χ1n) is 13.9. The largest absolute Gasteiger partial charge is 0.393 e. The van der Waals surface area contributed by atoms with Crippen LogP contribution in [0.1, 0.15) is 120 Å². The van der Waals surface area contributed by atoms with Crippen LogP contribution >= 0.6 is 0 Å². The molecule has 9 atom stereocenters. The van der Waals surface area contributed by atoms with Crippen LogP contribution in [-0.2, 0) is 4.79 Å². The van der Waals surface area contributed by atoms with E-state index in [0.717, 1.165) is 38.5 Å². The van der Waals surface area contributed by atoms with E-state index >= 15 is 0 Å². The third kappa shape index (κ3) is 2.68. The Balaban J connectivity index is 1.59. The van der Waals surface area contributed by atoms with Crippen molar-refractivity contribution in [2.75, 3.05) is 0 Å². The van der Waals surface area contributed by atoms with Crippen LogP contribution in [0.25, 0.3) is 0 Å². The maximum absolute atomic E-state index is 15.0. The zero-order chi connectivity index (χ0) is 24.5. The molecular formula is C30H50O3. The lowest BCUT2D eigenvalue weighted by Crippen LogP contribution is -2.69. The monoisotopic (exact) mass is 458 g/mol. The highest BCUT2D eigenvalue weighted by Gasteiger charge is 2.77. The molecule has 5 fully saturated rings. The molecule has 3 heteroatoms. The van der Waals surface area contributed by atoms with E-state index in [1.807, 2.05) is 0 Å². The molecule has 0 unspecified atom stereocenters. The molecule has 5 rings (SSSR count). The minimum Gasteiger partial charge on any atom is -0.393 e. The molecule has 0 aliphatic heterocycles. The number of aliphatic hydroxyl groups is 2. The van der Waals surface area contributed by atoms with Gasteiger partial charge in [-0.05, 0) is 103 Å². The highest BCUT2D eigenvalue weighted by Crippen LogP contribution is 2.77. The van der Waals surface area contributed by atoms with Crippen LogP contribution in [0.4, 0.5) is 0 Å². The van der Waals surface area contributed by atoms with Gasteiger partial charge in [0, 0.05) is 5.41 Å². The van der Waals surface area contributed by atoms with E-state index in [2.05, 4.69) is 55.4 Å². The summed E-state index contributed by atoms with van der Waals surface area (Å²) in [6.45, 7) is 18.8. The second-order valence-electron chi connectivity index (χ2n) is 15.7. The van der Waals surface area contributed by atoms with Gasteiger partial charge in [-0.2, -0.15) is 0 Å². The van der Waals surface area contributed by atoms with Gasteiger partial charge in [-0.3, -0.25) is 4.79 Å². The molecule has 0 radical (unpaired) electrons. The molecule has 2 N–H and O–H groups in total. The van der Waals surface area contributed by atoms with Crippen LogP contribution < -0.4 is 0 Å². The Morgan fingerprint density at radius 1 is 0.697 bits per heavy atom. The van der Waals surface area contributed by atoms with E-state index < -0.39 is 11.5 Å². The molecule has 5 aliphatic rings. The smallest absolute Gasteiger partial charge is 0.148 e. The fourth-order valence-corrected chi connectivity index (χ4v) is 10.9. The summed E-state index contributed by atoms with van der Waals surface area (Å²) in [7, 11) is 0. The highest BCUT2D eigenvalue weighted by molar-refractivity contribution is 5.94. The van der Waals surface area contributed by atoms with Crippen LogP contribution in [0.15, 0.2) is 0 Å². The molecule has 0 aromatic carbocycles. The van der Waals surface area contributed by atoms with Gasteiger partial charge < -0.3 is 10.2 Å². The molecule has 3 nitrogen and oxygen atoms in total. The number of hydrogen-bond acceptors (Lipinski definition) is 3. The summed E-state index contributed by atoms with van der Waals surface area (Å²) in [5.41, 5.74) is -0.842. The summed E-state index contributed by atoms with van der Waals surface area (Å²) in [6, 6.07) is 0. The number of ketones is 1. The number of Topliss-reactive ketones (excluding diaryl/α,β-unsaturated/α-hetero) is 1. The predicted molar refractivity (Wildman–Crippen MR) is 133 cm³/mol. The van der Waals surface area contributed by atoms with E-state index in [1.54, 1.807) is 0 Å². The van der Waals surface area contributed by atoms with Gasteiger partial charge in [0.15, 0.2) is 0 Å². The van der Waals surface area contributed by atoms with E-state index in [9.17, 15) is 15.0 Å². The zero-order valence-electron chi connectivity index (χ0n) is 22.7. The lowest BCUT2D eigenvalue weighted by molar-refractivity contribution is -0.216. The Bertz CT molecular complexity index is 861. The van der Waals surface area contributed by atoms with Gasteiger partial charge in [-0.25, -0.2) is 0 Å². The number of fused-ring (bicyclic) bond motifs is 5. The summed E-state index contributed by atoms with van der Waals surface area (Å²) >= 11 is 0. The maximum atomic E-state index is 15.0. The summed E-state index contributed by atoms with van der Waals surface area (Å²) < 4.78 is 0. The van der Waals surface area contributed by atoms with Gasteiger partial charge in [-0.15, -0.1) is 0 Å². The average Bonchev–Trinajstić information content (AvgIpc) is 2.96. The first-order chi connectivity index (χ1) is 15.0. The summed E-state index contributed by atoms with van der Waals surface area (Å²) in [5.74, 6) is 1.14. The Labute approximate surface area is 202 Å². The standard InChI is InChI=1S/C30H50O3/c1-24(2)11-12-26(5)13-14-29(8)23(33)30(16-15-27(29,6)20(26)18-24)22(32)17-19-25(3,4)21(31)9-10-28(19,30)7/h19-22,31-32H,9-18H2,1-8H3/t19-,20-,21-,22-,26+,27-,28-,29+,30-/m0/s1. The van der Waals surface area contributed by atoms with Crippen molar-refractivity contribution in [1.29, 1.82) is 0 Å². The molecule has 5 saturated carbocycles. The highest BCUT2D eigenvalue weighted by atomic mass is 16.3. The molecule has 0 bridgehead atoms. The van der Waals surface area contributed by atoms with Crippen LogP contribution in [0.5, 0.6) is 0 Å². The Morgan fingerprint density at radius 3 is 2.00 bits per heavy atom. The van der Waals surface area contributed by atoms with Crippen LogP contribution in [0.3, 0.4) is 0 Å². The van der Waals surface area contributed by atoms with E-state index in [4.69, 9.17) is 0 Å². The molecular weight excluding hydrogens is 408 g/mol. The molecule has 0 aromatic rings. The van der Waals surface area contributed by atoms with Gasteiger partial charge in [0.25, 0.3) is 0 Å². The molecule has 0 heterocycles. The quantitative estimate of drug-likeness (QED) is 0.433. The lowest BCUT2D eigenvalue weighted by Gasteiger charge is -2.69. The normalized spacial score (nSPS) is 57.3. The fraction of sp³-hybridized carbons (Fsp3) is 0.967. The minimum atomic E-state index is -0.652. The Morgan fingerprint density at radius 2 is 1.33 bits per heavy atom. The van der Waals surface area contributed by atoms with Gasteiger partial charge in [-0.1, -0.05) is 55.4 Å². The summed E-state index contributed by atoms with van der Waals surface area (Å²) in [4.78, 5) is 15.0. The second kappa shape index (κ2) is 6.67. The number of rotatable bonds is 0. The molecule has 33 heavy (non-hydrogen) atoms. The van der Waals surface area contributed by atoms with E-state index in [1.165, 1.54) is 19.3 Å². The molecule has 0 aromatic heterocycles. The first-order valence-corrected chi connectivity index (χ1v) is 13.9. The second-order valence-corrected chi connectivity index (χ2v) is 15.7. The van der Waals surface area contributed by atoms with Crippen LogP contribution in [0.2, 0.25) is 0 Å². The lowest BCUT2D eigenvalue weighted by atomic mass is 9.34. The third-order valence-electron chi connectivity index (χ3n) is 13.7. The number of carbonyl (C=O) groups is 1. The molecule has 1 spiro atoms. The number of aliphatic hydroxyl groups excluding tert-OH is 2. The van der Waals surface area contributed by atoms with Crippen molar-refractivity contribution in [3.63, 3.8) is 0 Å². The summed E-state index contributed by atoms with van der Waals surface area (Å²) in [5, 5.41) is 22.6. The maximum Gasteiger partial charge on any atom is 0.148 e. The van der Waals surface area contributed by atoms with Crippen molar-refractivity contribution < 1.29 is 15.0 Å². The summed E-state index contributed by atoms with van der Waals surface area (Å²) in [6.07, 6.45) is 9.10. The van der Waals surface area contributed by atoms with Crippen molar-refractivity contribution in [2.24, 2.45) is 49.7 Å². The first kappa shape index (κ1) is 24.3. The fourth-order valence-electron chi connectivity index (χ4n) is 10.9. The van der Waals surface area contributed by atoms with Gasteiger partial charge in [0.05, 0.1) is 17.6 Å². The predicted octanol–water partition coefficient (Wildman–Crippen LogP) is 6.54. The molecule has 0 saturated heterocycles. The van der Waals surface area contributed by atoms with Crippen molar-refractivity contribution in [1.82, 2.24) is 0 Å². The van der Waals surface area contributed by atoms with E-state index in [0.29, 0.717) is 29.0 Å². The minimum absolute atomic E-state index is 0.00209. The Kier molecular flexibility index (Phi) is 4.91. The molecule has 5 aliphatic carbocycles. The van der Waals surface area contributed by atoms with E-state index in [-0.39, 0.29) is 33.7 Å². The SMILES string of the molecule is CC1(C)CC[C@]2(C)CC[C@]3(C)C(=O)[C@]4(CC[C@@]3(C)[C@H]2C1)[C@@H](O)C[C@H]1C(C)(C)[C@@H](O)CC[C@@]14C. The number of hydrogen-bond donors (Lipinski definition) is 2. The third-order valence-corrected chi connectivity index (χ3v) is 13.7. The van der Waals surface area contributed by atoms with Crippen molar-refractivity contribution in [3.05, 3.63) is 0 Å². The van der Waals surface area contributed by atoms with Crippen LogP contribution in [-0.4, -0.2) is 28.2 Å². The van der Waals surface area contributed by atoms with Crippen LogP contribution in [0, 0.1) is 49.7 Å². The van der Waals surface area contributed by atoms with Crippen molar-refractivity contribution >= 4 is 5.78 Å². The average molecular weight is 459 g/mol.